The number of carbonyl (C=O) groups excluding carboxylic acids is 2. The van der Waals surface area contributed by atoms with Crippen molar-refractivity contribution in [3.8, 4) is 17.2 Å². The third-order valence-electron chi connectivity index (χ3n) is 6.78. The molecule has 5 rings (SSSR count). The van der Waals surface area contributed by atoms with Gasteiger partial charge < -0.3 is 23.7 Å². The number of benzene rings is 3. The van der Waals surface area contributed by atoms with E-state index in [4.69, 9.17) is 42.1 Å². The Kier molecular flexibility index (Phi) is 10.2. The van der Waals surface area contributed by atoms with Crippen molar-refractivity contribution in [1.82, 2.24) is 4.90 Å². The van der Waals surface area contributed by atoms with Crippen molar-refractivity contribution in [2.45, 2.75) is 58.1 Å². The predicted molar refractivity (Wildman–Crippen MR) is 160 cm³/mol. The number of ether oxygens (including phenoxy) is 5. The van der Waals surface area contributed by atoms with Gasteiger partial charge in [-0.05, 0) is 92.9 Å². The SMILES string of the molecule is CC(C)(C)OC=O.COC(=O)C1Cc2cc3c(cc2CN1C)OC(c1cccc(OCc2ccc(Cl)c(Cl)c2)c1)CO3. The number of likely N-dealkylation sites (N-methyl/N-ethyl adjacent to an activating group) is 1. The summed E-state index contributed by atoms with van der Waals surface area (Å²) in [5, 5.41) is 1.02. The van der Waals surface area contributed by atoms with Gasteiger partial charge in [-0.1, -0.05) is 41.4 Å². The second-order valence-electron chi connectivity index (χ2n) is 11.1. The van der Waals surface area contributed by atoms with Crippen molar-refractivity contribution in [1.29, 1.82) is 0 Å². The predicted octanol–water partition coefficient (Wildman–Crippen LogP) is 6.57. The monoisotopic (exact) mass is 615 g/mol. The molecule has 2 aliphatic heterocycles. The maximum Gasteiger partial charge on any atom is 0.323 e. The molecular weight excluding hydrogens is 581 g/mol. The zero-order valence-electron chi connectivity index (χ0n) is 24.3. The van der Waals surface area contributed by atoms with Gasteiger partial charge in [0.25, 0.3) is 6.47 Å². The molecule has 2 unspecified atom stereocenters. The van der Waals surface area contributed by atoms with Crippen LogP contribution in [-0.4, -0.2) is 49.7 Å². The largest absolute Gasteiger partial charge is 0.489 e. The summed E-state index contributed by atoms with van der Waals surface area (Å²) in [6, 6.07) is 17.0. The summed E-state index contributed by atoms with van der Waals surface area (Å²) in [6.45, 7) is 7.30. The van der Waals surface area contributed by atoms with Crippen LogP contribution < -0.4 is 14.2 Å². The number of fused-ring (bicyclic) bond motifs is 2. The fourth-order valence-electron chi connectivity index (χ4n) is 4.59. The number of hydrogen-bond acceptors (Lipinski definition) is 8. The van der Waals surface area contributed by atoms with Crippen LogP contribution >= 0.6 is 23.2 Å². The lowest BCUT2D eigenvalue weighted by Crippen LogP contribution is -2.43. The molecule has 8 nitrogen and oxygen atoms in total. The number of rotatable bonds is 6. The molecule has 0 N–H and O–H groups in total. The number of hydrogen-bond donors (Lipinski definition) is 0. The number of carbonyl (C=O) groups is 2. The van der Waals surface area contributed by atoms with E-state index < -0.39 is 0 Å². The summed E-state index contributed by atoms with van der Waals surface area (Å²) in [7, 11) is 3.34. The molecule has 0 fully saturated rings. The summed E-state index contributed by atoms with van der Waals surface area (Å²) in [5.74, 6) is 1.89. The summed E-state index contributed by atoms with van der Waals surface area (Å²) >= 11 is 12.1. The standard InChI is InChI=1S/C27H25Cl2NO5.C5H10O2/c1-30-13-19-12-25-24(11-18(19)10-23(30)27(31)32-2)34-15-26(35-25)17-4-3-5-20(9-17)33-14-16-6-7-21(28)22(29)8-16;1-5(2,3)7-4-6/h3-9,11-12,23,26H,10,13-15H2,1-2H3;4H,1-3H3. The zero-order valence-corrected chi connectivity index (χ0v) is 25.8. The van der Waals surface area contributed by atoms with Crippen LogP contribution in [0.15, 0.2) is 54.6 Å². The van der Waals surface area contributed by atoms with Gasteiger partial charge in [0.2, 0.25) is 0 Å². The van der Waals surface area contributed by atoms with Crippen LogP contribution in [0.3, 0.4) is 0 Å². The maximum absolute atomic E-state index is 12.1. The molecule has 2 heterocycles. The first kappa shape index (κ1) is 31.5. The van der Waals surface area contributed by atoms with Crippen molar-refractivity contribution in [2.24, 2.45) is 0 Å². The van der Waals surface area contributed by atoms with Crippen molar-refractivity contribution >= 4 is 35.6 Å². The van der Waals surface area contributed by atoms with Crippen molar-refractivity contribution in [2.75, 3.05) is 20.8 Å². The van der Waals surface area contributed by atoms with Crippen LogP contribution in [0.25, 0.3) is 0 Å². The third kappa shape index (κ3) is 8.09. The number of methoxy groups -OCH3 is 1. The van der Waals surface area contributed by atoms with Gasteiger partial charge >= 0.3 is 5.97 Å². The smallest absolute Gasteiger partial charge is 0.323 e. The van der Waals surface area contributed by atoms with E-state index in [1.165, 1.54) is 7.11 Å². The van der Waals surface area contributed by atoms with Crippen molar-refractivity contribution < 1.29 is 33.3 Å². The van der Waals surface area contributed by atoms with Crippen molar-refractivity contribution in [3.63, 3.8) is 0 Å². The molecule has 0 amide bonds. The van der Waals surface area contributed by atoms with Crippen LogP contribution in [0.2, 0.25) is 10.0 Å². The van der Waals surface area contributed by atoms with Gasteiger partial charge in [-0.25, -0.2) is 0 Å². The van der Waals surface area contributed by atoms with E-state index in [-0.39, 0.29) is 23.7 Å². The summed E-state index contributed by atoms with van der Waals surface area (Å²) in [5.41, 5.74) is 3.77. The van der Waals surface area contributed by atoms with Crippen molar-refractivity contribution in [3.05, 3.63) is 86.9 Å². The van der Waals surface area contributed by atoms with E-state index >= 15 is 0 Å². The van der Waals surface area contributed by atoms with Crippen LogP contribution in [0.5, 0.6) is 17.2 Å². The highest BCUT2D eigenvalue weighted by molar-refractivity contribution is 6.42. The molecule has 3 aromatic carbocycles. The van der Waals surface area contributed by atoms with E-state index in [1.807, 2.05) is 75.2 Å². The highest BCUT2D eigenvalue weighted by Crippen LogP contribution is 2.41. The second kappa shape index (κ2) is 13.7. The van der Waals surface area contributed by atoms with Crippen LogP contribution in [0.4, 0.5) is 0 Å². The zero-order chi connectivity index (χ0) is 30.4. The van der Waals surface area contributed by atoms with E-state index in [1.54, 1.807) is 12.1 Å². The van der Waals surface area contributed by atoms with Gasteiger partial charge in [-0.3, -0.25) is 14.5 Å². The van der Waals surface area contributed by atoms with Crippen LogP contribution in [0, 0.1) is 0 Å². The lowest BCUT2D eigenvalue weighted by molar-refractivity contribution is -0.147. The fourth-order valence-corrected chi connectivity index (χ4v) is 4.91. The van der Waals surface area contributed by atoms with E-state index in [9.17, 15) is 9.59 Å². The third-order valence-corrected chi connectivity index (χ3v) is 7.52. The van der Waals surface area contributed by atoms with Gasteiger partial charge in [0, 0.05) is 6.54 Å². The lowest BCUT2D eigenvalue weighted by atomic mass is 9.93. The maximum atomic E-state index is 12.1. The Labute approximate surface area is 256 Å². The highest BCUT2D eigenvalue weighted by atomic mass is 35.5. The van der Waals surface area contributed by atoms with Gasteiger partial charge in [0.1, 0.15) is 30.6 Å². The molecule has 0 saturated carbocycles. The Morgan fingerprint density at radius 1 is 1.05 bits per heavy atom. The Morgan fingerprint density at radius 3 is 2.48 bits per heavy atom. The molecule has 0 spiro atoms. The Hall–Kier alpha value is -3.46. The van der Waals surface area contributed by atoms with Gasteiger partial charge in [0.05, 0.1) is 17.2 Å². The molecular formula is C32H35Cl2NO7. The summed E-state index contributed by atoms with van der Waals surface area (Å²) in [4.78, 5) is 23.7. The molecule has 0 saturated heterocycles. The minimum absolute atomic E-state index is 0.227. The topological polar surface area (TPSA) is 83.5 Å². The quantitative estimate of drug-likeness (QED) is 0.227. The Morgan fingerprint density at radius 2 is 1.81 bits per heavy atom. The minimum atomic E-state index is -0.318. The van der Waals surface area contributed by atoms with E-state index in [0.717, 1.165) is 28.0 Å². The van der Waals surface area contributed by atoms with Crippen LogP contribution in [0.1, 0.15) is 49.1 Å². The van der Waals surface area contributed by atoms with E-state index in [2.05, 4.69) is 4.74 Å². The number of halogens is 2. The molecule has 3 aromatic rings. The van der Waals surface area contributed by atoms with Gasteiger partial charge in [-0.15, -0.1) is 0 Å². The minimum Gasteiger partial charge on any atom is -0.489 e. The molecule has 0 aromatic heterocycles. The first-order chi connectivity index (χ1) is 20.0. The normalized spacial score (nSPS) is 17.7. The lowest BCUT2D eigenvalue weighted by Gasteiger charge is -2.34. The first-order valence-electron chi connectivity index (χ1n) is 13.5. The molecule has 0 radical (unpaired) electrons. The summed E-state index contributed by atoms with van der Waals surface area (Å²) < 4.78 is 27.9. The number of esters is 1. The molecule has 10 heteroatoms. The van der Waals surface area contributed by atoms with E-state index in [0.29, 0.717) is 54.2 Å². The molecule has 224 valence electrons. The Balaban J connectivity index is 0.000000517. The molecule has 0 bridgehead atoms. The molecule has 42 heavy (non-hydrogen) atoms. The van der Waals surface area contributed by atoms with Gasteiger partial charge in [-0.2, -0.15) is 0 Å². The average molecular weight is 617 g/mol. The molecule has 2 aliphatic rings. The number of nitrogens with zero attached hydrogens (tertiary/aromatic N) is 1. The highest BCUT2D eigenvalue weighted by Gasteiger charge is 2.32. The Bertz CT molecular complexity index is 1420. The van der Waals surface area contributed by atoms with Gasteiger partial charge in [0.15, 0.2) is 17.6 Å². The van der Waals surface area contributed by atoms with Crippen LogP contribution in [-0.2, 0) is 38.6 Å². The fraction of sp³-hybridized carbons (Fsp3) is 0.375. The first-order valence-corrected chi connectivity index (χ1v) is 14.2. The molecule has 0 aliphatic carbocycles. The average Bonchev–Trinajstić information content (AvgIpc) is 2.95. The second-order valence-corrected chi connectivity index (χ2v) is 11.9. The molecule has 2 atom stereocenters. The summed E-state index contributed by atoms with van der Waals surface area (Å²) in [6.07, 6.45) is 0.315.